The van der Waals surface area contributed by atoms with Crippen molar-refractivity contribution in [3.05, 3.63) is 58.4 Å². The van der Waals surface area contributed by atoms with Crippen molar-refractivity contribution in [2.75, 3.05) is 0 Å². The molecule has 1 aromatic heterocycles. The van der Waals surface area contributed by atoms with Crippen molar-refractivity contribution in [3.8, 4) is 22.6 Å². The second-order valence-electron chi connectivity index (χ2n) is 7.47. The summed E-state index contributed by atoms with van der Waals surface area (Å²) < 4.78 is 6.02. The van der Waals surface area contributed by atoms with Crippen LogP contribution in [0.15, 0.2) is 51.7 Å². The fourth-order valence-electron chi connectivity index (χ4n) is 3.59. The molecule has 1 heterocycles. The summed E-state index contributed by atoms with van der Waals surface area (Å²) in [6.07, 6.45) is 6.14. The van der Waals surface area contributed by atoms with E-state index < -0.39 is 5.97 Å². The highest BCUT2D eigenvalue weighted by atomic mass is 16.4. The third kappa shape index (κ3) is 5.41. The predicted octanol–water partition coefficient (Wildman–Crippen LogP) is 5.23. The highest BCUT2D eigenvalue weighted by Gasteiger charge is 2.16. The second kappa shape index (κ2) is 9.96. The van der Waals surface area contributed by atoms with Gasteiger partial charge in [-0.05, 0) is 42.7 Å². The van der Waals surface area contributed by atoms with Gasteiger partial charge in [0, 0.05) is 18.9 Å². The molecule has 0 bridgehead atoms. The van der Waals surface area contributed by atoms with Crippen LogP contribution in [-0.2, 0) is 11.2 Å². The van der Waals surface area contributed by atoms with E-state index in [1.54, 1.807) is 18.2 Å². The van der Waals surface area contributed by atoms with E-state index in [0.29, 0.717) is 40.7 Å². The molecule has 0 aliphatic heterocycles. The third-order valence-corrected chi connectivity index (χ3v) is 5.15. The smallest absolute Gasteiger partial charge is 0.303 e. The van der Waals surface area contributed by atoms with Gasteiger partial charge in [0.1, 0.15) is 22.8 Å². The van der Waals surface area contributed by atoms with Gasteiger partial charge >= 0.3 is 5.97 Å². The van der Waals surface area contributed by atoms with Crippen LogP contribution in [0, 0.1) is 0 Å². The fraction of sp³-hybridized carbons (Fsp3) is 0.333. The highest BCUT2D eigenvalue weighted by Crippen LogP contribution is 2.29. The van der Waals surface area contributed by atoms with Gasteiger partial charge in [0.15, 0.2) is 0 Å². The van der Waals surface area contributed by atoms with E-state index in [0.717, 1.165) is 32.1 Å². The maximum absolute atomic E-state index is 13.2. The van der Waals surface area contributed by atoms with Crippen LogP contribution in [0.1, 0.15) is 50.7 Å². The number of phenols is 2. The van der Waals surface area contributed by atoms with E-state index in [1.807, 2.05) is 0 Å². The first kappa shape index (κ1) is 21.4. The monoisotopic (exact) mass is 410 g/mol. The molecule has 0 unspecified atom stereocenters. The Morgan fingerprint density at radius 3 is 2.17 bits per heavy atom. The molecule has 0 spiro atoms. The van der Waals surface area contributed by atoms with Crippen molar-refractivity contribution in [3.63, 3.8) is 0 Å². The first-order chi connectivity index (χ1) is 14.5. The molecule has 0 aliphatic carbocycles. The van der Waals surface area contributed by atoms with Gasteiger partial charge in [-0.2, -0.15) is 0 Å². The number of benzene rings is 2. The van der Waals surface area contributed by atoms with Crippen LogP contribution in [0.2, 0.25) is 0 Å². The average Bonchev–Trinajstić information content (AvgIpc) is 2.70. The first-order valence-corrected chi connectivity index (χ1v) is 10.3. The zero-order chi connectivity index (χ0) is 21.5. The van der Waals surface area contributed by atoms with Crippen molar-refractivity contribution in [1.82, 2.24) is 0 Å². The molecule has 6 heteroatoms. The number of unbranched alkanes of at least 4 members (excludes halogenated alkanes) is 5. The van der Waals surface area contributed by atoms with Crippen LogP contribution < -0.4 is 5.43 Å². The van der Waals surface area contributed by atoms with Gasteiger partial charge < -0.3 is 19.7 Å². The fourth-order valence-corrected chi connectivity index (χ4v) is 3.59. The maximum atomic E-state index is 13.2. The number of carboxylic acid groups (broad SMARTS) is 1. The van der Waals surface area contributed by atoms with Gasteiger partial charge in [-0.3, -0.25) is 9.59 Å². The number of phenolic OH excluding ortho intramolecular Hbond substituents is 2. The average molecular weight is 410 g/mol. The van der Waals surface area contributed by atoms with Gasteiger partial charge in [0.2, 0.25) is 5.43 Å². The minimum absolute atomic E-state index is 0.0374. The number of carbonyl (C=O) groups is 1. The Morgan fingerprint density at radius 2 is 1.47 bits per heavy atom. The number of carboxylic acids is 1. The standard InChI is InChI=1S/C24H26O6/c25-17-11-9-16(10-12-17)23-20(7-5-3-1-2-4-6-8-22(27)28)30-21-15-18(26)13-14-19(21)24(23)29/h9-15,25-26H,1-8H2,(H,27,28). The number of hydrogen-bond acceptors (Lipinski definition) is 5. The molecule has 2 aromatic carbocycles. The largest absolute Gasteiger partial charge is 0.508 e. The normalized spacial score (nSPS) is 11.1. The lowest BCUT2D eigenvalue weighted by molar-refractivity contribution is -0.137. The van der Waals surface area contributed by atoms with Crippen molar-refractivity contribution in [2.24, 2.45) is 0 Å². The van der Waals surface area contributed by atoms with Gasteiger partial charge in [-0.1, -0.05) is 37.8 Å². The summed E-state index contributed by atoms with van der Waals surface area (Å²) >= 11 is 0. The van der Waals surface area contributed by atoms with Crippen molar-refractivity contribution < 1.29 is 24.5 Å². The summed E-state index contributed by atoms with van der Waals surface area (Å²) in [5.41, 5.74) is 1.35. The lowest BCUT2D eigenvalue weighted by Crippen LogP contribution is -2.09. The highest BCUT2D eigenvalue weighted by molar-refractivity contribution is 5.83. The van der Waals surface area contributed by atoms with Crippen LogP contribution in [0.3, 0.4) is 0 Å². The molecule has 6 nitrogen and oxygen atoms in total. The predicted molar refractivity (Wildman–Crippen MR) is 115 cm³/mol. The third-order valence-electron chi connectivity index (χ3n) is 5.15. The summed E-state index contributed by atoms with van der Waals surface area (Å²) in [5.74, 6) is -0.0301. The number of aromatic hydroxyl groups is 2. The van der Waals surface area contributed by atoms with E-state index in [2.05, 4.69) is 0 Å². The summed E-state index contributed by atoms with van der Waals surface area (Å²) in [4.78, 5) is 23.7. The minimum Gasteiger partial charge on any atom is -0.508 e. The molecule has 0 saturated heterocycles. The molecule has 158 valence electrons. The van der Waals surface area contributed by atoms with Crippen LogP contribution in [0.5, 0.6) is 11.5 Å². The maximum Gasteiger partial charge on any atom is 0.303 e. The number of aliphatic carboxylic acids is 1. The Morgan fingerprint density at radius 1 is 0.833 bits per heavy atom. The van der Waals surface area contributed by atoms with Gasteiger partial charge in [0.25, 0.3) is 0 Å². The van der Waals surface area contributed by atoms with Crippen molar-refractivity contribution >= 4 is 16.9 Å². The SMILES string of the molecule is O=C(O)CCCCCCCCc1oc2cc(O)ccc2c(=O)c1-c1ccc(O)cc1. The molecule has 3 rings (SSSR count). The molecule has 0 fully saturated rings. The van der Waals surface area contributed by atoms with Crippen molar-refractivity contribution in [1.29, 1.82) is 0 Å². The summed E-state index contributed by atoms with van der Waals surface area (Å²) in [6.45, 7) is 0. The van der Waals surface area contributed by atoms with Gasteiger partial charge in [-0.25, -0.2) is 0 Å². The Balaban J connectivity index is 1.76. The van der Waals surface area contributed by atoms with E-state index in [4.69, 9.17) is 9.52 Å². The Kier molecular flexibility index (Phi) is 7.12. The second-order valence-corrected chi connectivity index (χ2v) is 7.47. The summed E-state index contributed by atoms with van der Waals surface area (Å²) in [7, 11) is 0. The molecular formula is C24H26O6. The van der Waals surface area contributed by atoms with Crippen molar-refractivity contribution in [2.45, 2.75) is 51.4 Å². The van der Waals surface area contributed by atoms with E-state index in [9.17, 15) is 19.8 Å². The lowest BCUT2D eigenvalue weighted by atomic mass is 9.98. The molecule has 30 heavy (non-hydrogen) atoms. The van der Waals surface area contributed by atoms with E-state index >= 15 is 0 Å². The quantitative estimate of drug-likeness (QED) is 0.395. The van der Waals surface area contributed by atoms with Crippen LogP contribution in [-0.4, -0.2) is 21.3 Å². The topological polar surface area (TPSA) is 108 Å². The molecule has 0 amide bonds. The minimum atomic E-state index is -0.755. The van der Waals surface area contributed by atoms with Gasteiger partial charge in [-0.15, -0.1) is 0 Å². The van der Waals surface area contributed by atoms with Crippen LogP contribution in [0.4, 0.5) is 0 Å². The molecule has 3 N–H and O–H groups in total. The molecule has 3 aromatic rings. The zero-order valence-electron chi connectivity index (χ0n) is 16.8. The zero-order valence-corrected chi connectivity index (χ0v) is 16.8. The number of rotatable bonds is 10. The van der Waals surface area contributed by atoms with E-state index in [-0.39, 0.29) is 23.3 Å². The lowest BCUT2D eigenvalue weighted by Gasteiger charge is -2.11. The molecule has 0 saturated carbocycles. The number of aryl methyl sites for hydroxylation is 1. The Hall–Kier alpha value is -3.28. The first-order valence-electron chi connectivity index (χ1n) is 10.3. The Labute approximate surface area is 174 Å². The summed E-state index contributed by atoms with van der Waals surface area (Å²) in [5, 5.41) is 28.4. The number of hydrogen-bond donors (Lipinski definition) is 3. The Bertz CT molecular complexity index is 1070. The van der Waals surface area contributed by atoms with Crippen LogP contribution in [0.25, 0.3) is 22.1 Å². The van der Waals surface area contributed by atoms with Crippen LogP contribution >= 0.6 is 0 Å². The molecule has 0 aliphatic rings. The molecule has 0 atom stereocenters. The molecule has 0 radical (unpaired) electrons. The van der Waals surface area contributed by atoms with Gasteiger partial charge in [0.05, 0.1) is 10.9 Å². The molecular weight excluding hydrogens is 384 g/mol. The summed E-state index contributed by atoms with van der Waals surface area (Å²) in [6, 6.07) is 10.9. The number of fused-ring (bicyclic) bond motifs is 1. The van der Waals surface area contributed by atoms with E-state index in [1.165, 1.54) is 24.3 Å².